The lowest BCUT2D eigenvalue weighted by Gasteiger charge is -2.42. The third kappa shape index (κ3) is 2.94. The van der Waals surface area contributed by atoms with Crippen LogP contribution in [0.4, 0.5) is 0 Å². The third-order valence-electron chi connectivity index (χ3n) is 2.30. The Morgan fingerprint density at radius 2 is 1.38 bits per heavy atom. The molecule has 0 aliphatic rings. The van der Waals surface area contributed by atoms with Crippen LogP contribution in [-0.4, -0.2) is 10.5 Å². The lowest BCUT2D eigenvalue weighted by Crippen LogP contribution is -2.48. The Balaban J connectivity index is 3.22. The van der Waals surface area contributed by atoms with Gasteiger partial charge < -0.3 is 5.11 Å². The van der Waals surface area contributed by atoms with Gasteiger partial charge in [0.15, 0.2) is 2.14 Å². The predicted molar refractivity (Wildman–Crippen MR) is 86.1 cm³/mol. The first-order valence-corrected chi connectivity index (χ1v) is 8.29. The second-order valence-corrected chi connectivity index (χ2v) is 13.7. The van der Waals surface area contributed by atoms with Crippen LogP contribution in [-0.2, 0) is 5.60 Å². The summed E-state index contributed by atoms with van der Waals surface area (Å²) in [6, 6.07) is 9.43. The Kier molecular flexibility index (Phi) is 5.17. The van der Waals surface area contributed by atoms with Crippen LogP contribution in [0.5, 0.6) is 0 Å². The van der Waals surface area contributed by atoms with Gasteiger partial charge in [-0.05, 0) is 12.5 Å². The number of rotatable bonds is 2. The van der Waals surface area contributed by atoms with Crippen LogP contribution < -0.4 is 0 Å². The molecule has 16 heavy (non-hydrogen) atoms. The highest BCUT2D eigenvalue weighted by atomic mass is 80.0. The van der Waals surface area contributed by atoms with Gasteiger partial charge in [-0.25, -0.2) is 0 Å². The third-order valence-corrected chi connectivity index (χ3v) is 10.0. The summed E-state index contributed by atoms with van der Waals surface area (Å²) in [5, 5.41) is 10.7. The van der Waals surface area contributed by atoms with Gasteiger partial charge in [0.1, 0.15) is 8.83 Å². The van der Waals surface area contributed by atoms with Crippen LogP contribution in [0.1, 0.15) is 12.5 Å². The van der Waals surface area contributed by atoms with Crippen molar-refractivity contribution in [3.05, 3.63) is 35.9 Å². The van der Waals surface area contributed by atoms with Crippen molar-refractivity contribution in [1.82, 2.24) is 0 Å². The van der Waals surface area contributed by atoms with Gasteiger partial charge in [0.05, 0.1) is 0 Å². The summed E-state index contributed by atoms with van der Waals surface area (Å²) in [7, 11) is 0. The van der Waals surface area contributed by atoms with E-state index in [4.69, 9.17) is 0 Å². The van der Waals surface area contributed by atoms with E-state index in [1.54, 1.807) is 6.92 Å². The van der Waals surface area contributed by atoms with Crippen LogP contribution in [0, 0.1) is 0 Å². The number of benzene rings is 1. The van der Waals surface area contributed by atoms with Crippen LogP contribution in [0.25, 0.3) is 0 Å². The molecule has 1 atom stereocenters. The van der Waals surface area contributed by atoms with Crippen LogP contribution >= 0.6 is 79.6 Å². The molecule has 0 bridgehead atoms. The standard InChI is InChI=1S/C10H9Br5O/c1-8(16,7-5-3-2-4-6-7)9(11,12)10(13,14)15/h2-6,16H,1H3. The van der Waals surface area contributed by atoms with E-state index in [1.807, 2.05) is 30.3 Å². The molecule has 0 saturated carbocycles. The van der Waals surface area contributed by atoms with Gasteiger partial charge in [-0.2, -0.15) is 0 Å². The molecule has 0 radical (unpaired) electrons. The Bertz CT molecular complexity index is 355. The van der Waals surface area contributed by atoms with E-state index in [0.717, 1.165) is 5.56 Å². The molecule has 0 fully saturated rings. The summed E-state index contributed by atoms with van der Waals surface area (Å²) in [6.45, 7) is 1.73. The molecule has 1 aromatic carbocycles. The van der Waals surface area contributed by atoms with Gasteiger partial charge in [-0.1, -0.05) is 110 Å². The Hall–Kier alpha value is 1.58. The SMILES string of the molecule is CC(O)(c1ccccc1)C(Br)(Br)C(Br)(Br)Br. The molecule has 0 aromatic heterocycles. The maximum Gasteiger partial charge on any atom is 0.163 e. The van der Waals surface area contributed by atoms with E-state index in [2.05, 4.69) is 79.6 Å². The highest BCUT2D eigenvalue weighted by molar-refractivity contribution is 9.41. The molecule has 1 nitrogen and oxygen atoms in total. The van der Waals surface area contributed by atoms with Crippen molar-refractivity contribution in [2.45, 2.75) is 17.9 Å². The fraction of sp³-hybridized carbons (Fsp3) is 0.400. The molecule has 0 saturated heterocycles. The first-order valence-electron chi connectivity index (χ1n) is 4.33. The molecule has 1 aromatic rings. The number of alkyl halides is 5. The first kappa shape index (κ1) is 15.6. The summed E-state index contributed by atoms with van der Waals surface area (Å²) >= 11 is 17.2. The number of halogens is 5. The smallest absolute Gasteiger partial charge is 0.163 e. The molecule has 90 valence electrons. The van der Waals surface area contributed by atoms with Gasteiger partial charge in [-0.3, -0.25) is 0 Å². The molecule has 0 aliphatic heterocycles. The van der Waals surface area contributed by atoms with E-state index in [1.165, 1.54) is 0 Å². The monoisotopic (exact) mass is 540 g/mol. The Labute approximate surface area is 137 Å². The van der Waals surface area contributed by atoms with Crippen molar-refractivity contribution < 1.29 is 5.11 Å². The molecule has 0 amide bonds. The molecular weight excluding hydrogens is 536 g/mol. The quantitative estimate of drug-likeness (QED) is 0.507. The topological polar surface area (TPSA) is 20.2 Å². The summed E-state index contributed by atoms with van der Waals surface area (Å²) in [4.78, 5) is 0. The van der Waals surface area contributed by atoms with Gasteiger partial charge in [-0.15, -0.1) is 0 Å². The number of hydrogen-bond donors (Lipinski definition) is 1. The zero-order valence-electron chi connectivity index (χ0n) is 8.22. The maximum atomic E-state index is 10.7. The van der Waals surface area contributed by atoms with Crippen molar-refractivity contribution in [3.63, 3.8) is 0 Å². The maximum absolute atomic E-state index is 10.7. The fourth-order valence-corrected chi connectivity index (χ4v) is 2.84. The second kappa shape index (κ2) is 5.29. The van der Waals surface area contributed by atoms with Crippen molar-refractivity contribution in [2.75, 3.05) is 0 Å². The summed E-state index contributed by atoms with van der Waals surface area (Å²) in [6.07, 6.45) is 0. The minimum atomic E-state index is -1.13. The minimum Gasteiger partial charge on any atom is -0.383 e. The zero-order valence-corrected chi connectivity index (χ0v) is 16.2. The molecule has 1 rings (SSSR count). The average Bonchev–Trinajstić information content (AvgIpc) is 2.17. The van der Waals surface area contributed by atoms with Crippen molar-refractivity contribution in [3.8, 4) is 0 Å². The summed E-state index contributed by atoms with van der Waals surface area (Å²) in [5.74, 6) is 0. The summed E-state index contributed by atoms with van der Waals surface area (Å²) < 4.78 is -1.53. The average molecular weight is 545 g/mol. The Morgan fingerprint density at radius 1 is 0.938 bits per heavy atom. The van der Waals surface area contributed by atoms with E-state index in [0.29, 0.717) is 0 Å². The van der Waals surface area contributed by atoms with Gasteiger partial charge in [0.2, 0.25) is 0 Å². The second-order valence-electron chi connectivity index (χ2n) is 3.51. The molecule has 1 unspecified atom stereocenters. The Morgan fingerprint density at radius 3 is 1.75 bits per heavy atom. The minimum absolute atomic E-state index is 0.695. The van der Waals surface area contributed by atoms with Crippen LogP contribution in [0.3, 0.4) is 0 Å². The highest BCUT2D eigenvalue weighted by Gasteiger charge is 2.56. The molecule has 0 heterocycles. The molecule has 1 N–H and O–H groups in total. The molecular formula is C10H9Br5O. The van der Waals surface area contributed by atoms with E-state index < -0.39 is 11.0 Å². The van der Waals surface area contributed by atoms with E-state index in [-0.39, 0.29) is 0 Å². The van der Waals surface area contributed by atoms with Crippen LogP contribution in [0.15, 0.2) is 30.3 Å². The van der Waals surface area contributed by atoms with Gasteiger partial charge in [0, 0.05) is 0 Å². The largest absolute Gasteiger partial charge is 0.383 e. The van der Waals surface area contributed by atoms with Crippen LogP contribution in [0.2, 0.25) is 0 Å². The molecule has 6 heteroatoms. The van der Waals surface area contributed by atoms with E-state index in [9.17, 15) is 5.11 Å². The highest BCUT2D eigenvalue weighted by Crippen LogP contribution is 2.60. The number of hydrogen-bond acceptors (Lipinski definition) is 1. The lowest BCUT2D eigenvalue weighted by molar-refractivity contribution is 0.0519. The van der Waals surface area contributed by atoms with E-state index >= 15 is 0 Å². The summed E-state index contributed by atoms with van der Waals surface area (Å²) in [5.41, 5.74) is -0.337. The van der Waals surface area contributed by atoms with Gasteiger partial charge >= 0.3 is 0 Å². The number of aliphatic hydroxyl groups is 1. The van der Waals surface area contributed by atoms with Crippen molar-refractivity contribution >= 4 is 79.6 Å². The fourth-order valence-electron chi connectivity index (χ4n) is 1.22. The zero-order chi connectivity index (χ0) is 12.6. The molecule has 0 spiro atoms. The first-order chi connectivity index (χ1) is 7.11. The van der Waals surface area contributed by atoms with Crippen molar-refractivity contribution in [2.24, 2.45) is 0 Å². The lowest BCUT2D eigenvalue weighted by atomic mass is 9.93. The normalized spacial score (nSPS) is 16.9. The van der Waals surface area contributed by atoms with Crippen molar-refractivity contribution in [1.29, 1.82) is 0 Å². The van der Waals surface area contributed by atoms with Gasteiger partial charge in [0.25, 0.3) is 0 Å². The molecule has 0 aliphatic carbocycles. The predicted octanol–water partition coefficient (Wildman–Crippen LogP) is 5.22.